The van der Waals surface area contributed by atoms with Gasteiger partial charge in [-0.3, -0.25) is 0 Å². The summed E-state index contributed by atoms with van der Waals surface area (Å²) in [6, 6.07) is 16.9. The van der Waals surface area contributed by atoms with Crippen LogP contribution in [0.25, 0.3) is 0 Å². The Morgan fingerprint density at radius 2 is 1.89 bits per heavy atom. The Morgan fingerprint density at radius 3 is 2.58 bits per heavy atom. The molecule has 3 N–H and O–H groups in total. The summed E-state index contributed by atoms with van der Waals surface area (Å²) in [5.41, 5.74) is 9.52. The van der Waals surface area contributed by atoms with Crippen molar-refractivity contribution < 1.29 is 0 Å². The van der Waals surface area contributed by atoms with Gasteiger partial charge >= 0.3 is 0 Å². The number of nitrogens with one attached hydrogen (secondary N) is 1. The van der Waals surface area contributed by atoms with E-state index >= 15 is 0 Å². The minimum atomic E-state index is 0.237. The Labute approximate surface area is 123 Å². The lowest BCUT2D eigenvalue weighted by atomic mass is 10.1. The minimum Gasteiger partial charge on any atom is -0.380 e. The molecule has 2 nitrogen and oxygen atoms in total. The van der Waals surface area contributed by atoms with Gasteiger partial charge in [-0.1, -0.05) is 36.4 Å². The summed E-state index contributed by atoms with van der Waals surface area (Å²) in [6.07, 6.45) is 0.928. The smallest absolute Gasteiger partial charge is 0.0489 e. The Hall–Kier alpha value is -1.32. The molecule has 3 heteroatoms. The molecule has 0 aromatic heterocycles. The van der Waals surface area contributed by atoms with E-state index in [2.05, 4.69) is 70.6 Å². The van der Waals surface area contributed by atoms with Gasteiger partial charge < -0.3 is 11.1 Å². The molecule has 1 atom stereocenters. The highest BCUT2D eigenvalue weighted by Gasteiger charge is 2.09. The quantitative estimate of drug-likeness (QED) is 0.881. The largest absolute Gasteiger partial charge is 0.380 e. The lowest BCUT2D eigenvalue weighted by Crippen LogP contribution is -2.31. The second-order valence-electron chi connectivity index (χ2n) is 4.75. The Bertz CT molecular complexity index is 526. The molecule has 0 amide bonds. The number of hydrogen-bond acceptors (Lipinski definition) is 2. The highest BCUT2D eigenvalue weighted by molar-refractivity contribution is 9.10. The van der Waals surface area contributed by atoms with Crippen molar-refractivity contribution in [1.82, 2.24) is 0 Å². The van der Waals surface area contributed by atoms with Crippen LogP contribution in [0.3, 0.4) is 0 Å². The molecule has 0 radical (unpaired) electrons. The third kappa shape index (κ3) is 4.08. The molecule has 0 aliphatic heterocycles. The predicted octanol–water partition coefficient (Wildman–Crippen LogP) is 3.74. The second-order valence-corrected chi connectivity index (χ2v) is 5.60. The fourth-order valence-corrected chi connectivity index (χ4v) is 2.42. The molecule has 0 aliphatic rings. The molecule has 0 saturated heterocycles. The van der Waals surface area contributed by atoms with E-state index in [9.17, 15) is 0 Å². The van der Waals surface area contributed by atoms with E-state index < -0.39 is 0 Å². The van der Waals surface area contributed by atoms with Gasteiger partial charge in [-0.15, -0.1) is 0 Å². The van der Waals surface area contributed by atoms with Gasteiger partial charge in [-0.2, -0.15) is 0 Å². The van der Waals surface area contributed by atoms with Crippen LogP contribution in [0.1, 0.15) is 11.1 Å². The van der Waals surface area contributed by atoms with Gasteiger partial charge in [0, 0.05) is 22.7 Å². The maximum Gasteiger partial charge on any atom is 0.0489 e. The maximum absolute atomic E-state index is 5.88. The van der Waals surface area contributed by atoms with E-state index in [4.69, 9.17) is 5.73 Å². The molecule has 1 unspecified atom stereocenters. The highest BCUT2D eigenvalue weighted by atomic mass is 79.9. The first-order chi connectivity index (χ1) is 9.19. The lowest BCUT2D eigenvalue weighted by molar-refractivity contribution is 0.723. The first-order valence-corrected chi connectivity index (χ1v) is 7.25. The minimum absolute atomic E-state index is 0.237. The number of halogens is 1. The van der Waals surface area contributed by atoms with Gasteiger partial charge in [0.05, 0.1) is 0 Å². The standard InChI is InChI=1S/C16H19BrN2/c1-12-7-8-15(17)16(9-12)19-14(11-18)10-13-5-3-2-4-6-13/h2-9,14,19H,10-11,18H2,1H3. The lowest BCUT2D eigenvalue weighted by Gasteiger charge is -2.19. The molecular formula is C16H19BrN2. The topological polar surface area (TPSA) is 38.0 Å². The molecule has 0 fully saturated rings. The first-order valence-electron chi connectivity index (χ1n) is 6.45. The molecule has 19 heavy (non-hydrogen) atoms. The average Bonchev–Trinajstić information content (AvgIpc) is 2.43. The van der Waals surface area contributed by atoms with Gasteiger partial charge in [0.2, 0.25) is 0 Å². The summed E-state index contributed by atoms with van der Waals surface area (Å²) in [5.74, 6) is 0. The zero-order valence-corrected chi connectivity index (χ0v) is 12.7. The third-order valence-corrected chi connectivity index (χ3v) is 3.78. The molecule has 2 aromatic carbocycles. The number of hydrogen-bond donors (Lipinski definition) is 2. The second kappa shape index (κ2) is 6.73. The summed E-state index contributed by atoms with van der Waals surface area (Å²) < 4.78 is 1.07. The van der Waals surface area contributed by atoms with Crippen molar-refractivity contribution in [2.45, 2.75) is 19.4 Å². The van der Waals surface area contributed by atoms with Crippen LogP contribution in [0.2, 0.25) is 0 Å². The zero-order valence-electron chi connectivity index (χ0n) is 11.1. The van der Waals surface area contributed by atoms with Crippen LogP contribution in [-0.2, 0) is 6.42 Å². The summed E-state index contributed by atoms with van der Waals surface area (Å²) in [6.45, 7) is 2.70. The van der Waals surface area contributed by atoms with E-state index in [1.54, 1.807) is 0 Å². The van der Waals surface area contributed by atoms with Crippen LogP contribution in [0.15, 0.2) is 53.0 Å². The Balaban J connectivity index is 2.09. The van der Waals surface area contributed by atoms with Gasteiger partial charge in [0.15, 0.2) is 0 Å². The predicted molar refractivity (Wildman–Crippen MR) is 85.5 cm³/mol. The van der Waals surface area contributed by atoms with E-state index in [0.29, 0.717) is 6.54 Å². The summed E-state index contributed by atoms with van der Waals surface area (Å²) in [5, 5.41) is 3.51. The Morgan fingerprint density at radius 1 is 1.16 bits per heavy atom. The van der Waals surface area contributed by atoms with Gasteiger partial charge in [-0.05, 0) is 52.5 Å². The zero-order chi connectivity index (χ0) is 13.7. The first kappa shape index (κ1) is 14.1. The molecule has 100 valence electrons. The molecule has 0 aliphatic carbocycles. The summed E-state index contributed by atoms with van der Waals surface area (Å²) in [4.78, 5) is 0. The van der Waals surface area contributed by atoms with E-state index in [0.717, 1.165) is 16.6 Å². The van der Waals surface area contributed by atoms with E-state index in [1.807, 2.05) is 6.07 Å². The Kier molecular flexibility index (Phi) is 5.00. The van der Waals surface area contributed by atoms with Crippen LogP contribution < -0.4 is 11.1 Å². The number of rotatable bonds is 5. The van der Waals surface area contributed by atoms with Crippen molar-refractivity contribution >= 4 is 21.6 Å². The summed E-state index contributed by atoms with van der Waals surface area (Å²) >= 11 is 3.57. The SMILES string of the molecule is Cc1ccc(Br)c(NC(CN)Cc2ccccc2)c1. The molecule has 0 spiro atoms. The fraction of sp³-hybridized carbons (Fsp3) is 0.250. The molecule has 0 saturated carbocycles. The van der Waals surface area contributed by atoms with Crippen molar-refractivity contribution in [3.63, 3.8) is 0 Å². The molecule has 0 bridgehead atoms. The average molecular weight is 319 g/mol. The van der Waals surface area contributed by atoms with Crippen LogP contribution in [0.4, 0.5) is 5.69 Å². The van der Waals surface area contributed by atoms with Crippen LogP contribution >= 0.6 is 15.9 Å². The maximum atomic E-state index is 5.88. The van der Waals surface area contributed by atoms with Crippen molar-refractivity contribution in [2.75, 3.05) is 11.9 Å². The number of nitrogens with two attached hydrogens (primary N) is 1. The highest BCUT2D eigenvalue weighted by Crippen LogP contribution is 2.24. The van der Waals surface area contributed by atoms with Crippen molar-refractivity contribution in [1.29, 1.82) is 0 Å². The van der Waals surface area contributed by atoms with Gasteiger partial charge in [0.1, 0.15) is 0 Å². The molecule has 0 heterocycles. The van der Waals surface area contributed by atoms with Crippen LogP contribution in [0, 0.1) is 6.92 Å². The van der Waals surface area contributed by atoms with Gasteiger partial charge in [0.25, 0.3) is 0 Å². The normalized spacial score (nSPS) is 12.2. The van der Waals surface area contributed by atoms with Crippen molar-refractivity contribution in [3.8, 4) is 0 Å². The molecule has 2 aromatic rings. The fourth-order valence-electron chi connectivity index (χ4n) is 2.06. The van der Waals surface area contributed by atoms with Crippen molar-refractivity contribution in [2.24, 2.45) is 5.73 Å². The summed E-state index contributed by atoms with van der Waals surface area (Å²) in [7, 11) is 0. The van der Waals surface area contributed by atoms with Crippen LogP contribution in [-0.4, -0.2) is 12.6 Å². The number of anilines is 1. The number of aryl methyl sites for hydroxylation is 1. The van der Waals surface area contributed by atoms with E-state index in [-0.39, 0.29) is 6.04 Å². The van der Waals surface area contributed by atoms with Crippen molar-refractivity contribution in [3.05, 3.63) is 64.1 Å². The molecular weight excluding hydrogens is 300 g/mol. The van der Waals surface area contributed by atoms with E-state index in [1.165, 1.54) is 11.1 Å². The van der Waals surface area contributed by atoms with Crippen LogP contribution in [0.5, 0.6) is 0 Å². The monoisotopic (exact) mass is 318 g/mol. The number of benzene rings is 2. The van der Waals surface area contributed by atoms with Gasteiger partial charge in [-0.25, -0.2) is 0 Å². The third-order valence-electron chi connectivity index (χ3n) is 3.09. The molecule has 2 rings (SSSR count).